The Morgan fingerprint density at radius 2 is 1.81 bits per heavy atom. The standard InChI is InChI=1S/C24H26FN3O3/c1-15(20-14-26-21-5-3-2-4-19(20)21)22(23(29)30)27-24(31)28-12-10-17(11-13-28)16-6-8-18(25)9-7-16/h2-9,14-15,17,22,26H,10-13H2,1H3,(H,27,31)(H,29,30)/t15-,22+/m0/s1. The van der Waals surface area contributed by atoms with E-state index in [1.807, 2.05) is 37.4 Å². The number of piperidine rings is 1. The van der Waals surface area contributed by atoms with Crippen molar-refractivity contribution in [2.75, 3.05) is 13.1 Å². The Bertz CT molecular complexity index is 1070. The molecule has 162 valence electrons. The first-order valence-electron chi connectivity index (χ1n) is 10.5. The highest BCUT2D eigenvalue weighted by molar-refractivity contribution is 5.87. The summed E-state index contributed by atoms with van der Waals surface area (Å²) in [6.07, 6.45) is 3.33. The number of benzene rings is 2. The van der Waals surface area contributed by atoms with Crippen molar-refractivity contribution in [2.24, 2.45) is 0 Å². The quantitative estimate of drug-likeness (QED) is 0.567. The summed E-state index contributed by atoms with van der Waals surface area (Å²) in [4.78, 5) is 29.6. The molecule has 1 saturated heterocycles. The summed E-state index contributed by atoms with van der Waals surface area (Å²) in [5, 5.41) is 13.5. The molecule has 2 heterocycles. The number of carbonyl (C=O) groups is 2. The van der Waals surface area contributed by atoms with Gasteiger partial charge in [0.1, 0.15) is 11.9 Å². The van der Waals surface area contributed by atoms with Gasteiger partial charge in [-0.15, -0.1) is 0 Å². The largest absolute Gasteiger partial charge is 0.480 e. The van der Waals surface area contributed by atoms with Crippen molar-refractivity contribution in [1.29, 1.82) is 0 Å². The Kier molecular flexibility index (Phi) is 5.93. The first-order valence-corrected chi connectivity index (χ1v) is 10.5. The summed E-state index contributed by atoms with van der Waals surface area (Å²) in [6, 6.07) is 12.8. The normalized spacial score (nSPS) is 16.8. The molecule has 1 fully saturated rings. The zero-order valence-electron chi connectivity index (χ0n) is 17.3. The minimum atomic E-state index is -1.06. The lowest BCUT2D eigenvalue weighted by molar-refractivity contribution is -0.139. The van der Waals surface area contributed by atoms with Crippen LogP contribution in [0.4, 0.5) is 9.18 Å². The molecule has 0 bridgehead atoms. The number of halogens is 1. The van der Waals surface area contributed by atoms with E-state index < -0.39 is 17.9 Å². The molecule has 2 atom stereocenters. The molecule has 0 radical (unpaired) electrons. The number of hydrogen-bond donors (Lipinski definition) is 3. The molecule has 0 saturated carbocycles. The van der Waals surface area contributed by atoms with E-state index >= 15 is 0 Å². The number of carboxylic acid groups (broad SMARTS) is 1. The molecule has 7 heteroatoms. The molecule has 2 aromatic carbocycles. The van der Waals surface area contributed by atoms with Gasteiger partial charge in [-0.1, -0.05) is 37.3 Å². The minimum absolute atomic E-state index is 0.260. The van der Waals surface area contributed by atoms with Crippen LogP contribution in [0, 0.1) is 5.82 Å². The van der Waals surface area contributed by atoms with Crippen molar-refractivity contribution in [3.63, 3.8) is 0 Å². The van der Waals surface area contributed by atoms with Gasteiger partial charge in [0.2, 0.25) is 0 Å². The lowest BCUT2D eigenvalue weighted by atomic mass is 9.89. The summed E-state index contributed by atoms with van der Waals surface area (Å²) in [6.45, 7) is 2.87. The molecule has 31 heavy (non-hydrogen) atoms. The van der Waals surface area contributed by atoms with E-state index in [1.54, 1.807) is 17.0 Å². The van der Waals surface area contributed by atoms with Crippen LogP contribution in [0.25, 0.3) is 10.9 Å². The van der Waals surface area contributed by atoms with Gasteiger partial charge in [0.15, 0.2) is 0 Å². The van der Waals surface area contributed by atoms with Crippen LogP contribution in [0.5, 0.6) is 0 Å². The fourth-order valence-electron chi connectivity index (χ4n) is 4.43. The van der Waals surface area contributed by atoms with Gasteiger partial charge in [-0.3, -0.25) is 0 Å². The zero-order valence-corrected chi connectivity index (χ0v) is 17.3. The van der Waals surface area contributed by atoms with Crippen LogP contribution in [0.3, 0.4) is 0 Å². The highest BCUT2D eigenvalue weighted by atomic mass is 19.1. The van der Waals surface area contributed by atoms with E-state index in [4.69, 9.17) is 0 Å². The summed E-state index contributed by atoms with van der Waals surface area (Å²) < 4.78 is 13.2. The van der Waals surface area contributed by atoms with Gasteiger partial charge in [-0.25, -0.2) is 14.0 Å². The molecule has 3 aromatic rings. The number of aromatic amines is 1. The molecule has 6 nitrogen and oxygen atoms in total. The lowest BCUT2D eigenvalue weighted by Crippen LogP contribution is -2.51. The van der Waals surface area contributed by atoms with E-state index in [0.29, 0.717) is 13.1 Å². The minimum Gasteiger partial charge on any atom is -0.480 e. The van der Waals surface area contributed by atoms with Crippen molar-refractivity contribution < 1.29 is 19.1 Å². The third-order valence-corrected chi connectivity index (χ3v) is 6.28. The van der Waals surface area contributed by atoms with E-state index in [0.717, 1.165) is 34.9 Å². The Balaban J connectivity index is 1.41. The first kappa shape index (κ1) is 20.9. The summed E-state index contributed by atoms with van der Waals surface area (Å²) >= 11 is 0. The van der Waals surface area contributed by atoms with Crippen LogP contribution in [0.2, 0.25) is 0 Å². The van der Waals surface area contributed by atoms with Crippen LogP contribution in [-0.2, 0) is 4.79 Å². The third kappa shape index (κ3) is 4.40. The number of H-pyrrole nitrogens is 1. The number of carboxylic acids is 1. The second kappa shape index (κ2) is 8.79. The Hall–Kier alpha value is -3.35. The molecule has 0 aliphatic carbocycles. The number of nitrogens with zero attached hydrogens (tertiary/aromatic N) is 1. The van der Waals surface area contributed by atoms with Gasteiger partial charge in [-0.05, 0) is 48.1 Å². The van der Waals surface area contributed by atoms with Crippen molar-refractivity contribution in [3.05, 3.63) is 71.7 Å². The van der Waals surface area contributed by atoms with E-state index in [-0.39, 0.29) is 17.8 Å². The molecule has 4 rings (SSSR count). The van der Waals surface area contributed by atoms with E-state index in [9.17, 15) is 19.1 Å². The van der Waals surface area contributed by atoms with Gasteiger partial charge in [0.05, 0.1) is 0 Å². The highest BCUT2D eigenvalue weighted by Gasteiger charge is 2.32. The number of amides is 2. The number of nitrogens with one attached hydrogen (secondary N) is 2. The van der Waals surface area contributed by atoms with Crippen LogP contribution in [0.1, 0.15) is 42.7 Å². The maximum atomic E-state index is 13.2. The summed E-state index contributed by atoms with van der Waals surface area (Å²) in [7, 11) is 0. The monoisotopic (exact) mass is 423 g/mol. The van der Waals surface area contributed by atoms with Crippen LogP contribution in [-0.4, -0.2) is 46.1 Å². The Labute approximate surface area is 180 Å². The zero-order chi connectivity index (χ0) is 22.0. The average molecular weight is 423 g/mol. The van der Waals surface area contributed by atoms with E-state index in [1.165, 1.54) is 12.1 Å². The predicted molar refractivity (Wildman–Crippen MR) is 117 cm³/mol. The van der Waals surface area contributed by atoms with Crippen molar-refractivity contribution in [3.8, 4) is 0 Å². The maximum Gasteiger partial charge on any atom is 0.326 e. The van der Waals surface area contributed by atoms with Gasteiger partial charge in [0, 0.05) is 36.1 Å². The van der Waals surface area contributed by atoms with Crippen molar-refractivity contribution >= 4 is 22.9 Å². The molecule has 0 unspecified atom stereocenters. The first-order chi connectivity index (χ1) is 14.9. The van der Waals surface area contributed by atoms with Crippen molar-refractivity contribution in [2.45, 2.75) is 37.6 Å². The highest BCUT2D eigenvalue weighted by Crippen LogP contribution is 2.30. The van der Waals surface area contributed by atoms with Crippen LogP contribution < -0.4 is 5.32 Å². The molecule has 2 amide bonds. The number of likely N-dealkylation sites (tertiary alicyclic amines) is 1. The fourth-order valence-corrected chi connectivity index (χ4v) is 4.43. The van der Waals surface area contributed by atoms with E-state index in [2.05, 4.69) is 10.3 Å². The molecular formula is C24H26FN3O3. The SMILES string of the molecule is C[C@@H](c1c[nH]c2ccccc12)[C@@H](NC(=O)N1CCC(c2ccc(F)cc2)CC1)C(=O)O. The number of hydrogen-bond acceptors (Lipinski definition) is 2. The topological polar surface area (TPSA) is 85.4 Å². The predicted octanol–water partition coefficient (Wildman–Crippen LogP) is 4.45. The fraction of sp³-hybridized carbons (Fsp3) is 0.333. The summed E-state index contributed by atoms with van der Waals surface area (Å²) in [5.74, 6) is -1.46. The molecule has 0 spiro atoms. The van der Waals surface area contributed by atoms with Gasteiger partial charge in [0.25, 0.3) is 0 Å². The van der Waals surface area contributed by atoms with Crippen molar-refractivity contribution in [1.82, 2.24) is 15.2 Å². The second-order valence-corrected chi connectivity index (χ2v) is 8.16. The Morgan fingerprint density at radius 3 is 2.48 bits per heavy atom. The molecule has 1 aliphatic heterocycles. The number of rotatable bonds is 5. The molecule has 3 N–H and O–H groups in total. The molecule has 1 aromatic heterocycles. The second-order valence-electron chi connectivity index (χ2n) is 8.16. The Morgan fingerprint density at radius 1 is 1.13 bits per heavy atom. The lowest BCUT2D eigenvalue weighted by Gasteiger charge is -2.33. The van der Waals surface area contributed by atoms with Crippen LogP contribution >= 0.6 is 0 Å². The van der Waals surface area contributed by atoms with Crippen LogP contribution in [0.15, 0.2) is 54.7 Å². The molecule has 1 aliphatic rings. The number of fused-ring (bicyclic) bond motifs is 1. The number of aliphatic carboxylic acids is 1. The third-order valence-electron chi connectivity index (χ3n) is 6.28. The number of carbonyl (C=O) groups excluding carboxylic acids is 1. The smallest absolute Gasteiger partial charge is 0.326 e. The average Bonchev–Trinajstić information content (AvgIpc) is 3.21. The number of aromatic nitrogens is 1. The molecular weight excluding hydrogens is 397 g/mol. The summed E-state index contributed by atoms with van der Waals surface area (Å²) in [5.41, 5.74) is 2.86. The van der Waals surface area contributed by atoms with Gasteiger partial charge < -0.3 is 20.3 Å². The maximum absolute atomic E-state index is 13.2. The number of urea groups is 1. The van der Waals surface area contributed by atoms with Gasteiger partial charge >= 0.3 is 12.0 Å². The number of para-hydroxylation sites is 1. The van der Waals surface area contributed by atoms with Gasteiger partial charge in [-0.2, -0.15) is 0 Å².